The van der Waals surface area contributed by atoms with Crippen LogP contribution in [0.25, 0.3) is 0 Å². The molecule has 0 aromatic heterocycles. The van der Waals surface area contributed by atoms with E-state index in [2.05, 4.69) is 10.0 Å². The lowest BCUT2D eigenvalue weighted by Gasteiger charge is -2.13. The van der Waals surface area contributed by atoms with E-state index >= 15 is 0 Å². The molecule has 2 N–H and O–H groups in total. The minimum atomic E-state index is -3.80. The van der Waals surface area contributed by atoms with Gasteiger partial charge in [0.25, 0.3) is 5.91 Å². The lowest BCUT2D eigenvalue weighted by molar-refractivity contribution is 0.0778. The molecule has 9 heteroatoms. The van der Waals surface area contributed by atoms with Crippen molar-refractivity contribution in [2.45, 2.75) is 31.3 Å². The van der Waals surface area contributed by atoms with Crippen LogP contribution in [0.2, 0.25) is 0 Å². The van der Waals surface area contributed by atoms with E-state index in [0.717, 1.165) is 0 Å². The van der Waals surface area contributed by atoms with E-state index in [9.17, 15) is 17.6 Å². The van der Waals surface area contributed by atoms with Gasteiger partial charge in [0.2, 0.25) is 10.0 Å². The number of sulfonamides is 1. The summed E-state index contributed by atoms with van der Waals surface area (Å²) < 4.78 is 51.9. The van der Waals surface area contributed by atoms with Crippen molar-refractivity contribution in [3.05, 3.63) is 53.8 Å². The maximum atomic E-state index is 13.8. The first-order chi connectivity index (χ1) is 13.7. The fourth-order valence-corrected chi connectivity index (χ4v) is 3.57. The van der Waals surface area contributed by atoms with Gasteiger partial charge in [0, 0.05) is 13.2 Å². The van der Waals surface area contributed by atoms with Gasteiger partial charge in [0.05, 0.1) is 29.4 Å². The Morgan fingerprint density at radius 1 is 1.17 bits per heavy atom. The van der Waals surface area contributed by atoms with E-state index in [1.54, 1.807) is 0 Å². The summed E-state index contributed by atoms with van der Waals surface area (Å²) in [5, 5.41) is 2.50. The second kappa shape index (κ2) is 10.3. The smallest absolute Gasteiger partial charge is 0.258 e. The molecule has 7 nitrogen and oxygen atoms in total. The zero-order chi connectivity index (χ0) is 21.4. The summed E-state index contributed by atoms with van der Waals surface area (Å²) in [5.74, 6) is -1.15. The number of hydrogen-bond acceptors (Lipinski definition) is 5. The van der Waals surface area contributed by atoms with Crippen LogP contribution < -0.4 is 14.8 Å². The Labute approximate surface area is 170 Å². The Morgan fingerprint density at radius 2 is 1.90 bits per heavy atom. The molecule has 2 aromatic rings. The Bertz CT molecular complexity index is 948. The van der Waals surface area contributed by atoms with E-state index in [4.69, 9.17) is 9.47 Å². The highest BCUT2D eigenvalue weighted by Gasteiger charge is 2.19. The molecule has 0 aliphatic carbocycles. The van der Waals surface area contributed by atoms with Crippen molar-refractivity contribution in [2.24, 2.45) is 0 Å². The lowest BCUT2D eigenvalue weighted by Crippen LogP contribution is -2.26. The first-order valence-corrected chi connectivity index (χ1v) is 10.6. The number of ether oxygens (including phenoxy) is 2. The fraction of sp³-hybridized carbons (Fsp3) is 0.350. The van der Waals surface area contributed by atoms with Crippen molar-refractivity contribution in [2.75, 3.05) is 25.6 Å². The summed E-state index contributed by atoms with van der Waals surface area (Å²) in [5.41, 5.74) is -0.0436. The van der Waals surface area contributed by atoms with Gasteiger partial charge in [-0.15, -0.1) is 0 Å². The predicted octanol–water partition coefficient (Wildman–Crippen LogP) is 3.18. The number of amides is 1. The zero-order valence-corrected chi connectivity index (χ0v) is 17.4. The number of carbonyl (C=O) groups is 1. The number of carbonyl (C=O) groups excluding carboxylic acids is 1. The number of benzene rings is 2. The summed E-state index contributed by atoms with van der Waals surface area (Å²) in [6.07, 6.45) is 0.596. The quantitative estimate of drug-likeness (QED) is 0.572. The number of methoxy groups -OCH3 is 1. The molecule has 0 saturated heterocycles. The molecule has 1 amide bonds. The molecular formula is C20H25FN2O5S. The average molecular weight is 424 g/mol. The van der Waals surface area contributed by atoms with Gasteiger partial charge in [0.15, 0.2) is 0 Å². The number of rotatable bonds is 10. The van der Waals surface area contributed by atoms with Crippen molar-refractivity contribution in [1.29, 1.82) is 0 Å². The molecule has 0 unspecified atom stereocenters. The summed E-state index contributed by atoms with van der Waals surface area (Å²) in [7, 11) is -2.42. The predicted molar refractivity (Wildman–Crippen MR) is 108 cm³/mol. The third kappa shape index (κ3) is 6.52. The molecule has 158 valence electrons. The van der Waals surface area contributed by atoms with Crippen molar-refractivity contribution in [3.63, 3.8) is 0 Å². The fourth-order valence-electron chi connectivity index (χ4n) is 2.47. The van der Waals surface area contributed by atoms with Crippen LogP contribution in [0.3, 0.4) is 0 Å². The topological polar surface area (TPSA) is 93.7 Å². The average Bonchev–Trinajstić information content (AvgIpc) is 2.67. The van der Waals surface area contributed by atoms with Crippen LogP contribution in [0.4, 0.5) is 10.1 Å². The molecule has 2 aromatic carbocycles. The van der Waals surface area contributed by atoms with E-state index in [1.165, 1.54) is 49.6 Å². The van der Waals surface area contributed by atoms with Crippen LogP contribution in [-0.2, 0) is 14.8 Å². The lowest BCUT2D eigenvalue weighted by atomic mass is 10.2. The van der Waals surface area contributed by atoms with Crippen molar-refractivity contribution < 1.29 is 27.1 Å². The van der Waals surface area contributed by atoms with Gasteiger partial charge in [-0.05, 0) is 50.6 Å². The third-order valence-corrected chi connectivity index (χ3v) is 5.37. The molecule has 0 heterocycles. The molecule has 29 heavy (non-hydrogen) atoms. The van der Waals surface area contributed by atoms with E-state index in [-0.39, 0.29) is 34.5 Å². The van der Waals surface area contributed by atoms with Gasteiger partial charge in [0.1, 0.15) is 11.6 Å². The van der Waals surface area contributed by atoms with Gasteiger partial charge >= 0.3 is 0 Å². The Kier molecular flexibility index (Phi) is 8.12. The number of halogens is 1. The molecule has 0 spiro atoms. The van der Waals surface area contributed by atoms with Gasteiger partial charge in [-0.3, -0.25) is 4.79 Å². The molecular weight excluding hydrogens is 399 g/mol. The molecule has 0 aliphatic heterocycles. The van der Waals surface area contributed by atoms with Gasteiger partial charge in [-0.2, -0.15) is 0 Å². The standard InChI is InChI=1S/C20H25FN2O5S/c1-14(2)28-12-6-11-22-29(25,26)15-9-10-19(27-3)18(13-15)23-20(24)16-7-4-5-8-17(16)21/h4-5,7-10,13-14,22H,6,11-12H2,1-3H3,(H,23,24). The molecule has 0 saturated carbocycles. The van der Waals surface area contributed by atoms with E-state index in [1.807, 2.05) is 13.8 Å². The summed E-state index contributed by atoms with van der Waals surface area (Å²) in [4.78, 5) is 12.3. The van der Waals surface area contributed by atoms with Gasteiger partial charge in [-0.25, -0.2) is 17.5 Å². The van der Waals surface area contributed by atoms with Gasteiger partial charge in [-0.1, -0.05) is 12.1 Å². The number of anilines is 1. The van der Waals surface area contributed by atoms with Crippen LogP contribution >= 0.6 is 0 Å². The zero-order valence-electron chi connectivity index (χ0n) is 16.6. The van der Waals surface area contributed by atoms with Gasteiger partial charge < -0.3 is 14.8 Å². The second-order valence-corrected chi connectivity index (χ2v) is 8.23. The van der Waals surface area contributed by atoms with E-state index in [0.29, 0.717) is 13.0 Å². The normalized spacial score (nSPS) is 11.5. The molecule has 0 radical (unpaired) electrons. The molecule has 0 fully saturated rings. The summed E-state index contributed by atoms with van der Waals surface area (Å²) in [6, 6.07) is 9.56. The van der Waals surface area contributed by atoms with Crippen LogP contribution in [0.5, 0.6) is 5.75 Å². The molecule has 0 atom stereocenters. The Balaban J connectivity index is 2.15. The van der Waals surface area contributed by atoms with Crippen LogP contribution in [0.1, 0.15) is 30.6 Å². The molecule has 0 aliphatic rings. The SMILES string of the molecule is COc1ccc(S(=O)(=O)NCCCOC(C)C)cc1NC(=O)c1ccccc1F. The maximum absolute atomic E-state index is 13.8. The summed E-state index contributed by atoms with van der Waals surface area (Å²) in [6.45, 7) is 4.45. The maximum Gasteiger partial charge on any atom is 0.258 e. The molecule has 2 rings (SSSR count). The number of hydrogen-bond donors (Lipinski definition) is 2. The largest absolute Gasteiger partial charge is 0.495 e. The minimum Gasteiger partial charge on any atom is -0.495 e. The Morgan fingerprint density at radius 3 is 2.55 bits per heavy atom. The van der Waals surface area contributed by atoms with Crippen molar-refractivity contribution in [1.82, 2.24) is 4.72 Å². The van der Waals surface area contributed by atoms with E-state index < -0.39 is 21.7 Å². The van der Waals surface area contributed by atoms with Crippen LogP contribution in [-0.4, -0.2) is 40.7 Å². The number of nitrogens with one attached hydrogen (secondary N) is 2. The summed E-state index contributed by atoms with van der Waals surface area (Å²) >= 11 is 0. The van der Waals surface area contributed by atoms with Crippen LogP contribution in [0.15, 0.2) is 47.4 Å². The highest BCUT2D eigenvalue weighted by atomic mass is 32.2. The third-order valence-electron chi connectivity index (χ3n) is 3.91. The highest BCUT2D eigenvalue weighted by Crippen LogP contribution is 2.28. The monoisotopic (exact) mass is 424 g/mol. The minimum absolute atomic E-state index is 0.0492. The Hall–Kier alpha value is -2.49. The van der Waals surface area contributed by atoms with Crippen molar-refractivity contribution in [3.8, 4) is 5.75 Å². The second-order valence-electron chi connectivity index (χ2n) is 6.47. The molecule has 0 bridgehead atoms. The first-order valence-electron chi connectivity index (χ1n) is 9.10. The van der Waals surface area contributed by atoms with Crippen molar-refractivity contribution >= 4 is 21.6 Å². The van der Waals surface area contributed by atoms with Crippen LogP contribution in [0, 0.1) is 5.82 Å². The highest BCUT2D eigenvalue weighted by molar-refractivity contribution is 7.89. The first kappa shape index (κ1) is 22.8.